The van der Waals surface area contributed by atoms with Crippen LogP contribution in [0.1, 0.15) is 43.4 Å². The van der Waals surface area contributed by atoms with E-state index in [0.717, 1.165) is 61.0 Å². The van der Waals surface area contributed by atoms with Crippen molar-refractivity contribution < 1.29 is 30.3 Å². The van der Waals surface area contributed by atoms with E-state index in [1.807, 2.05) is 94.6 Å². The molecule has 0 aliphatic heterocycles. The second-order valence-corrected chi connectivity index (χ2v) is 18.7. The largest absolute Gasteiger partial charge is 0.501 e. The van der Waals surface area contributed by atoms with Gasteiger partial charge in [0.15, 0.2) is 0 Å². The molecule has 0 unspecified atom stereocenters. The van der Waals surface area contributed by atoms with Gasteiger partial charge in [-0.3, -0.25) is 0 Å². The van der Waals surface area contributed by atoms with Crippen LogP contribution in [-0.2, 0) is 20.1 Å². The maximum atomic E-state index is 14.8. The molecule has 3 aromatic heterocycles. The Morgan fingerprint density at radius 1 is 0.796 bits per heavy atom. The Hall–Kier alpha value is -4.22. The van der Waals surface area contributed by atoms with Crippen LogP contribution in [-0.4, -0.2) is 18.0 Å². The summed E-state index contributed by atoms with van der Waals surface area (Å²) in [6.45, 7) is 16.9. The average Bonchev–Trinajstić information content (AvgIpc) is 3.44. The molecule has 0 spiro atoms. The van der Waals surface area contributed by atoms with Crippen LogP contribution in [0.2, 0.25) is 19.6 Å². The Morgan fingerprint density at radius 2 is 1.49 bits per heavy atom. The Labute approximate surface area is 305 Å². The van der Waals surface area contributed by atoms with E-state index in [1.165, 1.54) is 16.9 Å². The van der Waals surface area contributed by atoms with Crippen molar-refractivity contribution in [3.05, 3.63) is 138 Å². The first-order valence-corrected chi connectivity index (χ1v) is 19.8. The maximum Gasteiger partial charge on any atom is 0.147 e. The number of nitrogens with zero attached hydrogens (tertiary/aromatic N) is 2. The Balaban J connectivity index is 0.000000204. The number of halogens is 1. The van der Waals surface area contributed by atoms with E-state index in [0.29, 0.717) is 11.3 Å². The molecule has 3 nitrogen and oxygen atoms in total. The summed E-state index contributed by atoms with van der Waals surface area (Å²) in [5.41, 5.74) is 10.6. The van der Waals surface area contributed by atoms with Crippen molar-refractivity contribution in [2.75, 3.05) is 0 Å². The first-order chi connectivity index (χ1) is 23.2. The number of benzene rings is 4. The molecular formula is C43H41FIrN2OSi-2. The summed E-state index contributed by atoms with van der Waals surface area (Å²) in [5, 5.41) is 3.33. The van der Waals surface area contributed by atoms with Crippen molar-refractivity contribution in [1.29, 1.82) is 0 Å². The molecule has 0 saturated heterocycles. The third-order valence-corrected chi connectivity index (χ3v) is 10.6. The Morgan fingerprint density at radius 3 is 2.16 bits per heavy atom. The van der Waals surface area contributed by atoms with Crippen LogP contribution in [0.25, 0.3) is 55.6 Å². The van der Waals surface area contributed by atoms with Gasteiger partial charge in [-0.25, -0.2) is 4.39 Å². The van der Waals surface area contributed by atoms with Crippen molar-refractivity contribution >= 4 is 35.2 Å². The number of hydrogen-bond donors (Lipinski definition) is 0. The normalized spacial score (nSPS) is 11.9. The molecule has 6 heteroatoms. The number of furan rings is 1. The van der Waals surface area contributed by atoms with E-state index >= 15 is 0 Å². The van der Waals surface area contributed by atoms with E-state index in [2.05, 4.69) is 66.9 Å². The van der Waals surface area contributed by atoms with Crippen molar-refractivity contribution in [3.63, 3.8) is 0 Å². The fourth-order valence-corrected chi connectivity index (χ4v) is 8.00. The minimum Gasteiger partial charge on any atom is -0.501 e. The number of aromatic nitrogens is 2. The third-order valence-electron chi connectivity index (χ3n) is 8.63. The fraction of sp³-hybridized carbons (Fsp3) is 0.209. The molecule has 0 aliphatic rings. The van der Waals surface area contributed by atoms with E-state index in [4.69, 9.17) is 5.79 Å². The third kappa shape index (κ3) is 7.52. The topological polar surface area (TPSA) is 38.9 Å². The zero-order valence-electron chi connectivity index (χ0n) is 30.3. The molecule has 7 aromatic rings. The van der Waals surface area contributed by atoms with Crippen molar-refractivity contribution in [2.45, 2.75) is 60.2 Å². The summed E-state index contributed by atoms with van der Waals surface area (Å²) in [5.74, 6) is -0.942. The SMILES string of the molecule is Cc1cc(C)c(-c2cc(-c3[c-]ccc4c3oc3ccccc34)ncc2F)c(C)c1.[2H]C(C)(C)c1cc(-c2[c-]cccc2)ncc1[Si](C)(C)C.[Ir]. The summed E-state index contributed by atoms with van der Waals surface area (Å²) in [6, 6.07) is 34.1. The van der Waals surface area contributed by atoms with Crippen LogP contribution in [0.5, 0.6) is 0 Å². The van der Waals surface area contributed by atoms with Crippen molar-refractivity contribution in [1.82, 2.24) is 9.97 Å². The summed E-state index contributed by atoms with van der Waals surface area (Å²) >= 11 is 0. The molecule has 3 heterocycles. The standard InChI is InChI=1S/C26H19FNO.C17H22NSi.Ir/c1-15-11-16(2)25(17(3)12-15)21-13-23(28-14-22(21)27)20-9-6-8-19-18-7-4-5-10-24(18)29-26(19)20;1-13(2)15-11-16(14-9-7-6-8-10-14)18-12-17(15)19(3,4)5;/h4-8,10-14H,1-3H3;6-9,11-13H,1-5H3;/q2*-1;/i;13D;. The van der Waals surface area contributed by atoms with Gasteiger partial charge in [0, 0.05) is 38.6 Å². The summed E-state index contributed by atoms with van der Waals surface area (Å²) in [4.78, 5) is 8.98. The molecule has 0 N–H and O–H groups in total. The molecule has 0 saturated carbocycles. The van der Waals surface area contributed by atoms with Gasteiger partial charge in [0.2, 0.25) is 0 Å². The molecule has 0 aliphatic carbocycles. The minimum absolute atomic E-state index is 0. The Kier molecular flexibility index (Phi) is 10.4. The van der Waals surface area contributed by atoms with Gasteiger partial charge in [-0.15, -0.1) is 54.1 Å². The summed E-state index contributed by atoms with van der Waals surface area (Å²) < 4.78 is 29.4. The predicted molar refractivity (Wildman–Crippen MR) is 201 cm³/mol. The van der Waals surface area contributed by atoms with Crippen molar-refractivity contribution in [2.24, 2.45) is 0 Å². The van der Waals surface area contributed by atoms with E-state index in [1.54, 1.807) is 6.07 Å². The van der Waals surface area contributed by atoms with Crippen LogP contribution in [0, 0.1) is 38.7 Å². The Bertz CT molecular complexity index is 2280. The molecular weight excluding hydrogens is 800 g/mol. The average molecular weight is 842 g/mol. The fourth-order valence-electron chi connectivity index (χ4n) is 6.42. The maximum absolute atomic E-state index is 14.8. The van der Waals surface area contributed by atoms with Crippen LogP contribution in [0.4, 0.5) is 4.39 Å². The number of pyridine rings is 2. The zero-order chi connectivity index (χ0) is 35.1. The molecule has 0 amide bonds. The number of fused-ring (bicyclic) bond motifs is 3. The van der Waals surface area contributed by atoms with Crippen molar-refractivity contribution in [3.8, 4) is 33.6 Å². The van der Waals surface area contributed by atoms with Gasteiger partial charge in [-0.05, 0) is 66.0 Å². The number of para-hydroxylation sites is 1. The molecule has 7 rings (SSSR count). The van der Waals surface area contributed by atoms with Crippen LogP contribution < -0.4 is 5.19 Å². The van der Waals surface area contributed by atoms with Gasteiger partial charge in [0.05, 0.1) is 19.9 Å². The number of aryl methyl sites for hydroxylation is 3. The molecule has 49 heavy (non-hydrogen) atoms. The number of hydrogen-bond acceptors (Lipinski definition) is 3. The first-order valence-electron chi connectivity index (χ1n) is 16.8. The van der Waals surface area contributed by atoms with E-state index in [-0.39, 0.29) is 25.9 Å². The van der Waals surface area contributed by atoms with Crippen LogP contribution in [0.15, 0.2) is 102 Å². The molecule has 1 radical (unpaired) electrons. The van der Waals surface area contributed by atoms with Gasteiger partial charge in [0.1, 0.15) is 11.4 Å². The van der Waals surface area contributed by atoms with Gasteiger partial charge in [0.25, 0.3) is 0 Å². The second-order valence-electron chi connectivity index (χ2n) is 13.7. The van der Waals surface area contributed by atoms with Gasteiger partial charge < -0.3 is 14.4 Å². The van der Waals surface area contributed by atoms with E-state index in [9.17, 15) is 4.39 Å². The second kappa shape index (κ2) is 14.7. The smallest absolute Gasteiger partial charge is 0.147 e. The molecule has 0 fully saturated rings. The minimum atomic E-state index is -1.50. The van der Waals surface area contributed by atoms with Crippen LogP contribution >= 0.6 is 0 Å². The quantitative estimate of drug-likeness (QED) is 0.128. The summed E-state index contributed by atoms with van der Waals surface area (Å²) in [7, 11) is -1.50. The molecule has 251 valence electrons. The monoisotopic (exact) mass is 842 g/mol. The van der Waals surface area contributed by atoms with Gasteiger partial charge >= 0.3 is 0 Å². The summed E-state index contributed by atoms with van der Waals surface area (Å²) in [6.07, 6.45) is 3.27. The first kappa shape index (κ1) is 34.6. The van der Waals surface area contributed by atoms with Crippen LogP contribution in [0.3, 0.4) is 0 Å². The van der Waals surface area contributed by atoms with E-state index < -0.39 is 14.0 Å². The molecule has 4 aromatic carbocycles. The number of rotatable bonds is 5. The van der Waals surface area contributed by atoms with Gasteiger partial charge in [-0.2, -0.15) is 0 Å². The van der Waals surface area contributed by atoms with Gasteiger partial charge in [-0.1, -0.05) is 98.0 Å². The predicted octanol–water partition coefficient (Wildman–Crippen LogP) is 11.4. The molecule has 0 bridgehead atoms. The zero-order valence-corrected chi connectivity index (χ0v) is 32.6. The molecule has 0 atom stereocenters.